The Labute approximate surface area is 155 Å². The van der Waals surface area contributed by atoms with Gasteiger partial charge in [-0.25, -0.2) is 0 Å². The molecule has 136 valence electrons. The molecule has 25 heavy (non-hydrogen) atoms. The fourth-order valence-electron chi connectivity index (χ4n) is 3.21. The molecule has 2 N–H and O–H groups in total. The first-order valence-electron chi connectivity index (χ1n) is 8.90. The van der Waals surface area contributed by atoms with Crippen LogP contribution in [-0.2, 0) is 4.79 Å². The first-order valence-corrected chi connectivity index (χ1v) is 8.90. The van der Waals surface area contributed by atoms with E-state index >= 15 is 0 Å². The van der Waals surface area contributed by atoms with Crippen LogP contribution >= 0.6 is 12.4 Å². The number of ether oxygens (including phenoxy) is 1. The lowest BCUT2D eigenvalue weighted by atomic mass is 9.93. The smallest absolute Gasteiger partial charge is 0.220 e. The van der Waals surface area contributed by atoms with Gasteiger partial charge in [-0.05, 0) is 61.2 Å². The number of carbonyl (C=O) groups excluding carboxylic acids is 1. The zero-order valence-corrected chi connectivity index (χ0v) is 15.3. The van der Waals surface area contributed by atoms with E-state index in [-0.39, 0.29) is 18.3 Å². The lowest BCUT2D eigenvalue weighted by Crippen LogP contribution is -2.30. The van der Waals surface area contributed by atoms with Gasteiger partial charge in [0.15, 0.2) is 0 Å². The molecular weight excluding hydrogens is 336 g/mol. The molecule has 0 atom stereocenters. The number of hydrogen-bond donors (Lipinski definition) is 2. The fourth-order valence-corrected chi connectivity index (χ4v) is 3.21. The van der Waals surface area contributed by atoms with Crippen LogP contribution in [0.4, 0.5) is 0 Å². The molecular formula is C20H27ClN2O2. The molecule has 0 saturated carbocycles. The summed E-state index contributed by atoms with van der Waals surface area (Å²) in [6, 6.07) is 14.3. The van der Waals surface area contributed by atoms with Crippen molar-refractivity contribution >= 4 is 29.1 Å². The topological polar surface area (TPSA) is 50.4 Å². The van der Waals surface area contributed by atoms with Gasteiger partial charge in [-0.1, -0.05) is 30.3 Å². The summed E-state index contributed by atoms with van der Waals surface area (Å²) in [4.78, 5) is 11.9. The zero-order valence-electron chi connectivity index (χ0n) is 14.5. The molecule has 2 aromatic carbocycles. The number of fused-ring (bicyclic) bond motifs is 1. The Morgan fingerprint density at radius 1 is 1.12 bits per heavy atom. The number of hydrogen-bond acceptors (Lipinski definition) is 3. The minimum absolute atomic E-state index is 0. The van der Waals surface area contributed by atoms with E-state index in [2.05, 4.69) is 28.8 Å². The quantitative estimate of drug-likeness (QED) is 0.741. The summed E-state index contributed by atoms with van der Waals surface area (Å²) in [5, 5.41) is 8.68. The molecule has 0 bridgehead atoms. The van der Waals surface area contributed by atoms with Crippen LogP contribution in [0.15, 0.2) is 42.5 Å². The maximum absolute atomic E-state index is 11.9. The van der Waals surface area contributed by atoms with Crippen molar-refractivity contribution in [2.45, 2.75) is 25.7 Å². The second-order valence-electron chi connectivity index (χ2n) is 6.44. The van der Waals surface area contributed by atoms with E-state index in [1.807, 2.05) is 24.3 Å². The number of amides is 1. The minimum Gasteiger partial charge on any atom is -0.492 e. The van der Waals surface area contributed by atoms with Crippen LogP contribution in [0.2, 0.25) is 0 Å². The Balaban J connectivity index is 0.00000225. The summed E-state index contributed by atoms with van der Waals surface area (Å²) in [5.74, 6) is 1.68. The third kappa shape index (κ3) is 6.22. The number of rotatable bonds is 7. The van der Waals surface area contributed by atoms with Gasteiger partial charge in [0.1, 0.15) is 12.4 Å². The summed E-state index contributed by atoms with van der Waals surface area (Å²) in [7, 11) is 0. The zero-order chi connectivity index (χ0) is 16.6. The Hall–Kier alpha value is -1.78. The lowest BCUT2D eigenvalue weighted by molar-refractivity contribution is -0.121. The predicted octanol–water partition coefficient (Wildman–Crippen LogP) is 3.54. The van der Waals surface area contributed by atoms with Crippen LogP contribution in [0.5, 0.6) is 5.75 Å². The largest absolute Gasteiger partial charge is 0.492 e. The molecule has 1 aliphatic heterocycles. The number of halogens is 1. The molecule has 4 nitrogen and oxygen atoms in total. The van der Waals surface area contributed by atoms with E-state index in [4.69, 9.17) is 4.74 Å². The van der Waals surface area contributed by atoms with Gasteiger partial charge < -0.3 is 15.4 Å². The molecule has 1 amide bonds. The average Bonchev–Trinajstić information content (AvgIpc) is 2.64. The Morgan fingerprint density at radius 2 is 1.88 bits per heavy atom. The van der Waals surface area contributed by atoms with Gasteiger partial charge >= 0.3 is 0 Å². The van der Waals surface area contributed by atoms with Gasteiger partial charge in [0.25, 0.3) is 0 Å². The van der Waals surface area contributed by atoms with Crippen molar-refractivity contribution in [2.75, 3.05) is 26.2 Å². The van der Waals surface area contributed by atoms with Gasteiger partial charge in [-0.3, -0.25) is 4.79 Å². The van der Waals surface area contributed by atoms with E-state index < -0.39 is 0 Å². The summed E-state index contributed by atoms with van der Waals surface area (Å²) < 4.78 is 5.74. The minimum atomic E-state index is 0. The molecule has 0 spiro atoms. The molecule has 2 aromatic rings. The van der Waals surface area contributed by atoms with E-state index in [0.29, 0.717) is 25.5 Å². The van der Waals surface area contributed by atoms with E-state index in [9.17, 15) is 4.79 Å². The van der Waals surface area contributed by atoms with Crippen LogP contribution in [0.25, 0.3) is 10.8 Å². The number of benzene rings is 2. The van der Waals surface area contributed by atoms with Crippen LogP contribution in [0, 0.1) is 5.92 Å². The first-order chi connectivity index (χ1) is 11.8. The first kappa shape index (κ1) is 19.5. The normalized spacial score (nSPS) is 14.7. The predicted molar refractivity (Wildman–Crippen MR) is 105 cm³/mol. The summed E-state index contributed by atoms with van der Waals surface area (Å²) in [6.45, 7) is 3.23. The summed E-state index contributed by atoms with van der Waals surface area (Å²) in [6.07, 6.45) is 4.01. The van der Waals surface area contributed by atoms with Crippen molar-refractivity contribution < 1.29 is 9.53 Å². The summed E-state index contributed by atoms with van der Waals surface area (Å²) >= 11 is 0. The standard InChI is InChI=1S/C20H26N2O2.ClH/c23-20(8-5-16-9-11-21-12-10-16)22-13-14-24-19-7-6-17-3-1-2-4-18(17)15-19;/h1-4,6-7,15-16,21H,5,8-14H2,(H,22,23);1H. The maximum Gasteiger partial charge on any atom is 0.220 e. The summed E-state index contributed by atoms with van der Waals surface area (Å²) in [5.41, 5.74) is 0. The van der Waals surface area contributed by atoms with Gasteiger partial charge in [0.2, 0.25) is 5.91 Å². The number of carbonyl (C=O) groups is 1. The number of piperidine rings is 1. The highest BCUT2D eigenvalue weighted by Gasteiger charge is 2.14. The van der Waals surface area contributed by atoms with E-state index in [1.54, 1.807) is 0 Å². The van der Waals surface area contributed by atoms with Crippen molar-refractivity contribution in [3.63, 3.8) is 0 Å². The Kier molecular flexibility index (Phi) is 8.02. The average molecular weight is 363 g/mol. The van der Waals surface area contributed by atoms with Crippen LogP contribution in [0.1, 0.15) is 25.7 Å². The van der Waals surface area contributed by atoms with Crippen molar-refractivity contribution in [2.24, 2.45) is 5.92 Å². The molecule has 0 aromatic heterocycles. The molecule has 5 heteroatoms. The van der Waals surface area contributed by atoms with Crippen LogP contribution < -0.4 is 15.4 Å². The Bertz CT molecular complexity index is 672. The van der Waals surface area contributed by atoms with Crippen molar-refractivity contribution in [1.82, 2.24) is 10.6 Å². The molecule has 3 rings (SSSR count). The van der Waals surface area contributed by atoms with Crippen molar-refractivity contribution in [1.29, 1.82) is 0 Å². The van der Waals surface area contributed by atoms with Crippen molar-refractivity contribution in [3.05, 3.63) is 42.5 Å². The second kappa shape index (κ2) is 10.3. The molecule has 1 heterocycles. The van der Waals surface area contributed by atoms with Gasteiger partial charge in [-0.2, -0.15) is 0 Å². The van der Waals surface area contributed by atoms with Crippen molar-refractivity contribution in [3.8, 4) is 5.75 Å². The van der Waals surface area contributed by atoms with Gasteiger partial charge in [-0.15, -0.1) is 12.4 Å². The highest BCUT2D eigenvalue weighted by Crippen LogP contribution is 2.20. The molecule has 0 unspecified atom stereocenters. The molecule has 1 aliphatic rings. The molecule has 1 fully saturated rings. The van der Waals surface area contributed by atoms with E-state index in [0.717, 1.165) is 25.3 Å². The second-order valence-corrected chi connectivity index (χ2v) is 6.44. The van der Waals surface area contributed by atoms with Gasteiger partial charge in [0.05, 0.1) is 6.54 Å². The fraction of sp³-hybridized carbons (Fsp3) is 0.450. The lowest BCUT2D eigenvalue weighted by Gasteiger charge is -2.22. The third-order valence-corrected chi connectivity index (χ3v) is 4.65. The Morgan fingerprint density at radius 3 is 2.68 bits per heavy atom. The molecule has 0 aliphatic carbocycles. The van der Waals surface area contributed by atoms with Crippen LogP contribution in [0.3, 0.4) is 0 Å². The SMILES string of the molecule is Cl.O=C(CCC1CCNCC1)NCCOc1ccc2ccccc2c1. The number of nitrogens with one attached hydrogen (secondary N) is 2. The third-order valence-electron chi connectivity index (χ3n) is 4.65. The van der Waals surface area contributed by atoms with Gasteiger partial charge in [0, 0.05) is 6.42 Å². The van der Waals surface area contributed by atoms with Crippen LogP contribution in [-0.4, -0.2) is 32.1 Å². The van der Waals surface area contributed by atoms with E-state index in [1.165, 1.54) is 23.6 Å². The monoisotopic (exact) mass is 362 g/mol. The highest BCUT2D eigenvalue weighted by atomic mass is 35.5. The maximum atomic E-state index is 11.9. The highest BCUT2D eigenvalue weighted by molar-refractivity contribution is 5.85. The molecule has 0 radical (unpaired) electrons. The molecule has 1 saturated heterocycles.